The summed E-state index contributed by atoms with van der Waals surface area (Å²) in [5, 5.41) is 19.1. The van der Waals surface area contributed by atoms with Crippen molar-refractivity contribution in [3.63, 3.8) is 0 Å². The molecule has 7 heavy (non-hydrogen) atoms. The first-order valence-corrected chi connectivity index (χ1v) is 2.09. The summed E-state index contributed by atoms with van der Waals surface area (Å²) in [7, 11) is 0. The Labute approximate surface area is 59.7 Å². The molecular weight excluding hydrogens is 104 g/mol. The Balaban J connectivity index is 0. The van der Waals surface area contributed by atoms with Crippen LogP contribution < -0.4 is 10.2 Å². The van der Waals surface area contributed by atoms with Gasteiger partial charge < -0.3 is 10.2 Å². The Morgan fingerprint density at radius 3 is 1.86 bits per heavy atom. The van der Waals surface area contributed by atoms with Crippen molar-refractivity contribution in [2.24, 2.45) is 0 Å². The van der Waals surface area contributed by atoms with Gasteiger partial charge in [-0.2, -0.15) is 0 Å². The molecule has 0 fully saturated rings. The first kappa shape index (κ1) is 10.6. The maximum Gasteiger partial charge on any atom is 2.00 e. The molecule has 38 valence electrons. The minimum Gasteiger partial charge on any atom is -0.865 e. The molecule has 0 atom stereocenters. The van der Waals surface area contributed by atoms with Crippen molar-refractivity contribution in [3.05, 3.63) is 0 Å². The van der Waals surface area contributed by atoms with Gasteiger partial charge in [0.05, 0.1) is 0 Å². The van der Waals surface area contributed by atoms with E-state index in [1.165, 1.54) is 0 Å². The van der Waals surface area contributed by atoms with E-state index >= 15 is 0 Å². The molecule has 0 aromatic carbocycles. The topological polar surface area (TPSA) is 46.1 Å². The molecule has 0 aromatic heterocycles. The summed E-state index contributed by atoms with van der Waals surface area (Å²) in [5.74, 6) is 0. The number of hydrogen-bond acceptors (Lipinski definition) is 2. The van der Waals surface area contributed by atoms with Crippen molar-refractivity contribution in [2.75, 3.05) is 0 Å². The van der Waals surface area contributed by atoms with E-state index in [4.69, 9.17) is 0 Å². The summed E-state index contributed by atoms with van der Waals surface area (Å²) >= 11 is 0. The molecule has 3 heteroatoms. The molecule has 2 nitrogen and oxygen atoms in total. The van der Waals surface area contributed by atoms with Gasteiger partial charge in [0.1, 0.15) is 0 Å². The van der Waals surface area contributed by atoms with Crippen LogP contribution in [0.2, 0.25) is 0 Å². The zero-order valence-electron chi connectivity index (χ0n) is 4.52. The molecule has 0 aliphatic rings. The summed E-state index contributed by atoms with van der Waals surface area (Å²) in [6.07, 6.45) is -0.632. The van der Waals surface area contributed by atoms with Gasteiger partial charge >= 0.3 is 23.1 Å². The van der Waals surface area contributed by atoms with Crippen LogP contribution in [0.25, 0.3) is 0 Å². The Bertz CT molecular complexity index is 30.9. The Kier molecular flexibility index (Phi) is 10.2. The van der Waals surface area contributed by atoms with Crippen molar-refractivity contribution in [2.45, 2.75) is 26.1 Å². The maximum atomic E-state index is 9.57. The first-order valence-electron chi connectivity index (χ1n) is 2.09. The van der Waals surface area contributed by atoms with Gasteiger partial charge in [0.15, 0.2) is 0 Å². The van der Waals surface area contributed by atoms with E-state index in [9.17, 15) is 10.2 Å². The quantitative estimate of drug-likeness (QED) is 0.321. The normalized spacial score (nSPS) is 8.57. The number of rotatable bonds is 2. The Morgan fingerprint density at radius 1 is 1.43 bits per heavy atom. The minimum atomic E-state index is -1.60. The van der Waals surface area contributed by atoms with E-state index in [0.717, 1.165) is 0 Å². The third kappa shape index (κ3) is 10.8. The fourth-order valence-corrected chi connectivity index (χ4v) is 0.236. The van der Waals surface area contributed by atoms with E-state index in [-0.39, 0.29) is 29.5 Å². The molecule has 0 aliphatic heterocycles. The van der Waals surface area contributed by atoms with E-state index in [1.54, 1.807) is 0 Å². The Hall–Kier alpha value is 0.686. The van der Waals surface area contributed by atoms with Crippen LogP contribution in [-0.4, -0.2) is 29.3 Å². The molecule has 0 amide bonds. The monoisotopic (exact) mass is 112 g/mol. The molecule has 0 spiro atoms. The van der Waals surface area contributed by atoms with Gasteiger partial charge in [-0.25, -0.2) is 6.29 Å². The average molecular weight is 112 g/mol. The van der Waals surface area contributed by atoms with Gasteiger partial charge in [-0.1, -0.05) is 19.8 Å². The predicted molar refractivity (Wildman–Crippen MR) is 24.4 cm³/mol. The van der Waals surface area contributed by atoms with Crippen LogP contribution in [0.5, 0.6) is 0 Å². The second-order valence-corrected chi connectivity index (χ2v) is 1.22. The fraction of sp³-hybridized carbons (Fsp3) is 1.00. The molecule has 0 unspecified atom stereocenters. The second-order valence-electron chi connectivity index (χ2n) is 1.22. The summed E-state index contributed by atoms with van der Waals surface area (Å²) in [4.78, 5) is 0. The van der Waals surface area contributed by atoms with Crippen molar-refractivity contribution in [3.8, 4) is 0 Å². The molecule has 0 heterocycles. The van der Waals surface area contributed by atoms with Crippen molar-refractivity contribution < 1.29 is 10.2 Å². The van der Waals surface area contributed by atoms with Crippen LogP contribution in [0.15, 0.2) is 0 Å². The maximum absolute atomic E-state index is 9.57. The second kappa shape index (κ2) is 6.69. The summed E-state index contributed by atoms with van der Waals surface area (Å²) < 4.78 is 0. The van der Waals surface area contributed by atoms with Crippen LogP contribution >= 0.6 is 0 Å². The fourth-order valence-electron chi connectivity index (χ4n) is 0.236. The molecule has 0 rings (SSSR count). The van der Waals surface area contributed by atoms with Crippen LogP contribution in [0.4, 0.5) is 0 Å². The van der Waals surface area contributed by atoms with E-state index < -0.39 is 6.29 Å². The van der Waals surface area contributed by atoms with Crippen LogP contribution in [-0.2, 0) is 0 Å². The van der Waals surface area contributed by atoms with Gasteiger partial charge in [-0.3, -0.25) is 0 Å². The van der Waals surface area contributed by atoms with Crippen molar-refractivity contribution >= 4 is 23.1 Å². The SMILES string of the molecule is CCCC([O-])[O-].[Mg+2]. The van der Waals surface area contributed by atoms with Gasteiger partial charge in [0.2, 0.25) is 0 Å². The van der Waals surface area contributed by atoms with Crippen LogP contribution in [0, 0.1) is 0 Å². The molecule has 0 saturated heterocycles. The largest absolute Gasteiger partial charge is 2.00 e. The summed E-state index contributed by atoms with van der Waals surface area (Å²) in [6, 6.07) is 0. The standard InChI is InChI=1S/C4H8O2.Mg/c1-2-3-4(5)6;/h4H,2-3H2,1H3;/q-2;+2. The van der Waals surface area contributed by atoms with E-state index in [2.05, 4.69) is 0 Å². The average Bonchev–Trinajstić information content (AvgIpc) is 1.35. The summed E-state index contributed by atoms with van der Waals surface area (Å²) in [6.45, 7) is 1.82. The molecule has 0 aromatic rings. The zero-order chi connectivity index (χ0) is 4.99. The molecule has 0 bridgehead atoms. The van der Waals surface area contributed by atoms with Gasteiger partial charge in [-0.15, -0.1) is 0 Å². The van der Waals surface area contributed by atoms with E-state index in [1.807, 2.05) is 6.92 Å². The third-order valence-electron chi connectivity index (χ3n) is 0.524. The van der Waals surface area contributed by atoms with Crippen LogP contribution in [0.1, 0.15) is 19.8 Å². The van der Waals surface area contributed by atoms with E-state index in [0.29, 0.717) is 6.42 Å². The van der Waals surface area contributed by atoms with Gasteiger partial charge in [-0.05, 0) is 0 Å². The predicted octanol–water partition coefficient (Wildman–Crippen LogP) is -1.55. The van der Waals surface area contributed by atoms with Gasteiger partial charge in [0.25, 0.3) is 0 Å². The molecule has 0 saturated carbocycles. The third-order valence-corrected chi connectivity index (χ3v) is 0.524. The molecule has 0 aliphatic carbocycles. The molecule has 0 radical (unpaired) electrons. The van der Waals surface area contributed by atoms with Gasteiger partial charge in [0, 0.05) is 0 Å². The minimum absolute atomic E-state index is 0. The zero-order valence-corrected chi connectivity index (χ0v) is 5.93. The first-order chi connectivity index (χ1) is 2.77. The van der Waals surface area contributed by atoms with Crippen LogP contribution in [0.3, 0.4) is 0 Å². The molecule has 0 N–H and O–H groups in total. The van der Waals surface area contributed by atoms with Crippen molar-refractivity contribution in [1.29, 1.82) is 0 Å². The number of hydrogen-bond donors (Lipinski definition) is 0. The Morgan fingerprint density at radius 2 is 1.86 bits per heavy atom. The van der Waals surface area contributed by atoms with Crippen molar-refractivity contribution in [1.82, 2.24) is 0 Å². The molecular formula is C4H8MgO2. The smallest absolute Gasteiger partial charge is 0.865 e. The summed E-state index contributed by atoms with van der Waals surface area (Å²) in [5.41, 5.74) is 0.